The summed E-state index contributed by atoms with van der Waals surface area (Å²) >= 11 is 1.87. The Morgan fingerprint density at radius 2 is 1.90 bits per heavy atom. The fourth-order valence-corrected chi connectivity index (χ4v) is 5.16. The Morgan fingerprint density at radius 3 is 2.43 bits per heavy atom. The molecule has 0 aliphatic carbocycles. The van der Waals surface area contributed by atoms with E-state index in [4.69, 9.17) is 9.90 Å². The lowest BCUT2D eigenvalue weighted by Gasteiger charge is -2.43. The number of carbonyl (C=O) groups excluding carboxylic acids is 1. The Labute approximate surface area is 181 Å². The van der Waals surface area contributed by atoms with Crippen LogP contribution in [0.5, 0.6) is 0 Å². The van der Waals surface area contributed by atoms with Gasteiger partial charge in [-0.1, -0.05) is 0 Å². The second-order valence-electron chi connectivity index (χ2n) is 7.97. The van der Waals surface area contributed by atoms with Crippen molar-refractivity contribution in [3.05, 3.63) is 34.2 Å². The maximum absolute atomic E-state index is 13.4. The van der Waals surface area contributed by atoms with Crippen molar-refractivity contribution >= 4 is 29.5 Å². The number of aromatic nitrogens is 2. The highest BCUT2D eigenvalue weighted by Crippen LogP contribution is 2.31. The van der Waals surface area contributed by atoms with Gasteiger partial charge < -0.3 is 15.3 Å². The molecule has 2 aromatic heterocycles. The van der Waals surface area contributed by atoms with Crippen LogP contribution in [-0.4, -0.2) is 68.8 Å². The van der Waals surface area contributed by atoms with Crippen LogP contribution in [0.2, 0.25) is 0 Å². The zero-order valence-corrected chi connectivity index (χ0v) is 18.5. The van der Waals surface area contributed by atoms with Crippen LogP contribution in [0, 0.1) is 6.92 Å². The zero-order chi connectivity index (χ0) is 21.6. The Morgan fingerprint density at radius 1 is 1.23 bits per heavy atom. The van der Waals surface area contributed by atoms with Crippen molar-refractivity contribution in [1.29, 1.82) is 0 Å². The summed E-state index contributed by atoms with van der Waals surface area (Å²) in [4.78, 5) is 29.1. The Balaban J connectivity index is 0.000000806. The Kier molecular flexibility index (Phi) is 7.49. The first-order valence-corrected chi connectivity index (χ1v) is 11.2. The van der Waals surface area contributed by atoms with E-state index in [1.807, 2.05) is 35.5 Å². The number of carbonyl (C=O) groups is 2. The molecule has 2 aromatic rings. The predicted molar refractivity (Wildman–Crippen MR) is 118 cm³/mol. The maximum Gasteiger partial charge on any atom is 0.290 e. The minimum atomic E-state index is -0.527. The first-order chi connectivity index (χ1) is 14.5. The summed E-state index contributed by atoms with van der Waals surface area (Å²) < 4.78 is 1.78. The molecule has 2 saturated heterocycles. The quantitative estimate of drug-likeness (QED) is 0.705. The molecule has 0 aromatic carbocycles. The van der Waals surface area contributed by atoms with Crippen molar-refractivity contribution in [3.63, 3.8) is 0 Å². The molecule has 0 unspecified atom stereocenters. The van der Waals surface area contributed by atoms with Gasteiger partial charge in [0.05, 0.1) is 0 Å². The highest BCUT2D eigenvalue weighted by Gasteiger charge is 2.44. The highest BCUT2D eigenvalue weighted by atomic mass is 32.1. The van der Waals surface area contributed by atoms with Gasteiger partial charge in [-0.2, -0.15) is 5.10 Å². The van der Waals surface area contributed by atoms with Crippen molar-refractivity contribution in [1.82, 2.24) is 19.6 Å². The number of likely N-dealkylation sites (tertiary alicyclic amines) is 2. The number of piperidine rings is 1. The molecule has 2 fully saturated rings. The lowest BCUT2D eigenvalue weighted by atomic mass is 9.85. The number of nitrogens with one attached hydrogen (secondary N) is 1. The van der Waals surface area contributed by atoms with Gasteiger partial charge in [-0.3, -0.25) is 19.2 Å². The van der Waals surface area contributed by atoms with E-state index in [1.54, 1.807) is 4.68 Å². The van der Waals surface area contributed by atoms with E-state index in [0.29, 0.717) is 0 Å². The van der Waals surface area contributed by atoms with Crippen LogP contribution in [-0.2, 0) is 23.2 Å². The number of carboxylic acid groups (broad SMARTS) is 1. The van der Waals surface area contributed by atoms with Gasteiger partial charge in [-0.15, -0.1) is 11.3 Å². The van der Waals surface area contributed by atoms with Gasteiger partial charge in [0.1, 0.15) is 11.4 Å². The van der Waals surface area contributed by atoms with Crippen LogP contribution in [0.1, 0.15) is 35.4 Å². The van der Waals surface area contributed by atoms with E-state index in [0.717, 1.165) is 64.2 Å². The van der Waals surface area contributed by atoms with E-state index in [1.165, 1.54) is 9.75 Å². The second kappa shape index (κ2) is 10.1. The smallest absolute Gasteiger partial charge is 0.290 e. The third-order valence-corrected chi connectivity index (χ3v) is 6.75. The normalized spacial score (nSPS) is 18.5. The Bertz CT molecular complexity index is 835. The van der Waals surface area contributed by atoms with Gasteiger partial charge in [0.25, 0.3) is 6.47 Å². The number of aryl methyl sites for hydroxylation is 2. The lowest BCUT2D eigenvalue weighted by Crippen LogP contribution is -2.58. The van der Waals surface area contributed by atoms with Gasteiger partial charge in [-0.25, -0.2) is 0 Å². The van der Waals surface area contributed by atoms with Crippen molar-refractivity contribution in [2.75, 3.05) is 31.5 Å². The number of nitrogens with zero attached hydrogens (tertiary/aromatic N) is 4. The molecule has 4 heterocycles. The van der Waals surface area contributed by atoms with E-state index in [-0.39, 0.29) is 12.4 Å². The molecule has 30 heavy (non-hydrogen) atoms. The first-order valence-electron chi connectivity index (χ1n) is 10.4. The fraction of sp³-hybridized carbons (Fsp3) is 0.571. The molecule has 0 spiro atoms. The molecule has 8 nitrogen and oxygen atoms in total. The Hall–Kier alpha value is -2.39. The number of thiophene rings is 1. The molecule has 0 radical (unpaired) electrons. The average molecular weight is 434 g/mol. The number of rotatable bonds is 5. The second-order valence-corrected chi connectivity index (χ2v) is 9.35. The molecule has 9 heteroatoms. The number of hydrogen-bond acceptors (Lipinski definition) is 6. The van der Waals surface area contributed by atoms with Crippen LogP contribution < -0.4 is 5.32 Å². The highest BCUT2D eigenvalue weighted by molar-refractivity contribution is 7.11. The minimum Gasteiger partial charge on any atom is -0.483 e. The standard InChI is InChI=1S/C20H29N5OS.CH2O2/c1-16-5-6-17(27-16)15-24-13-8-20(9-14-24,19(26)25-10-3-4-11-25)21-18-7-12-23(2)22-18;2-1-3/h5-7,12H,3-4,8-11,13-15H2,1-2H3,(H,21,22);1H,(H,2,3). The third-order valence-electron chi connectivity index (χ3n) is 5.77. The molecule has 0 bridgehead atoms. The summed E-state index contributed by atoms with van der Waals surface area (Å²) in [5.41, 5.74) is -0.527. The molecule has 2 N–H and O–H groups in total. The van der Waals surface area contributed by atoms with Crippen molar-refractivity contribution < 1.29 is 14.7 Å². The largest absolute Gasteiger partial charge is 0.483 e. The molecule has 164 valence electrons. The number of amides is 1. The summed E-state index contributed by atoms with van der Waals surface area (Å²) in [5.74, 6) is 1.06. The summed E-state index contributed by atoms with van der Waals surface area (Å²) in [6, 6.07) is 6.37. The SMILES string of the molecule is Cc1ccc(CN2CCC(Nc3ccn(C)n3)(C(=O)N3CCCC3)CC2)s1.O=CO. The number of anilines is 1. The molecular weight excluding hydrogens is 402 g/mol. The van der Waals surface area contributed by atoms with Crippen molar-refractivity contribution in [2.24, 2.45) is 7.05 Å². The molecule has 1 amide bonds. The van der Waals surface area contributed by atoms with E-state index in [2.05, 4.69) is 34.4 Å². The van der Waals surface area contributed by atoms with E-state index >= 15 is 0 Å². The molecule has 0 saturated carbocycles. The minimum absolute atomic E-state index is 0.250. The monoisotopic (exact) mass is 433 g/mol. The van der Waals surface area contributed by atoms with Crippen molar-refractivity contribution in [2.45, 2.75) is 44.7 Å². The topological polar surface area (TPSA) is 90.7 Å². The van der Waals surface area contributed by atoms with Gasteiger partial charge in [-0.05, 0) is 44.7 Å². The molecule has 2 aliphatic rings. The van der Waals surface area contributed by atoms with Crippen molar-refractivity contribution in [3.8, 4) is 0 Å². The summed E-state index contributed by atoms with van der Waals surface area (Å²) in [7, 11) is 1.91. The van der Waals surface area contributed by atoms with Gasteiger partial charge in [0.2, 0.25) is 5.91 Å². The molecule has 0 atom stereocenters. The van der Waals surface area contributed by atoms with Crippen LogP contribution >= 0.6 is 11.3 Å². The van der Waals surface area contributed by atoms with E-state index < -0.39 is 5.54 Å². The van der Waals surface area contributed by atoms with Crippen LogP contribution in [0.4, 0.5) is 5.82 Å². The van der Waals surface area contributed by atoms with Crippen LogP contribution in [0.15, 0.2) is 24.4 Å². The van der Waals surface area contributed by atoms with Gasteiger partial charge in [0.15, 0.2) is 0 Å². The summed E-state index contributed by atoms with van der Waals surface area (Å²) in [5, 5.41) is 14.9. The molecule has 2 aliphatic heterocycles. The van der Waals surface area contributed by atoms with Gasteiger partial charge >= 0.3 is 0 Å². The lowest BCUT2D eigenvalue weighted by molar-refractivity contribution is -0.136. The van der Waals surface area contributed by atoms with Crippen LogP contribution in [0.25, 0.3) is 0 Å². The first kappa shape index (κ1) is 22.3. The van der Waals surface area contributed by atoms with Gasteiger partial charge in [0, 0.05) is 61.8 Å². The number of hydrogen-bond donors (Lipinski definition) is 2. The maximum atomic E-state index is 13.4. The average Bonchev–Trinajstić information content (AvgIpc) is 3.47. The summed E-state index contributed by atoms with van der Waals surface area (Å²) in [6.07, 6.45) is 5.81. The third kappa shape index (κ3) is 5.40. The summed E-state index contributed by atoms with van der Waals surface area (Å²) in [6.45, 7) is 6.52. The zero-order valence-electron chi connectivity index (χ0n) is 17.7. The molecule has 4 rings (SSSR count). The van der Waals surface area contributed by atoms with Crippen LogP contribution in [0.3, 0.4) is 0 Å². The molecular formula is C21H31N5O3S. The van der Waals surface area contributed by atoms with E-state index in [9.17, 15) is 4.79 Å². The fourth-order valence-electron chi connectivity index (χ4n) is 4.23. The predicted octanol–water partition coefficient (Wildman–Crippen LogP) is 2.56.